The van der Waals surface area contributed by atoms with Crippen LogP contribution < -0.4 is 14.5 Å². The molecule has 0 radical (unpaired) electrons. The van der Waals surface area contributed by atoms with Crippen molar-refractivity contribution in [1.29, 1.82) is 0 Å². The molecule has 0 saturated carbocycles. The fraction of sp³-hybridized carbons (Fsp3) is 0.230. The molecule has 330 valence electrons. The second-order valence-electron chi connectivity index (χ2n) is 17.5. The second kappa shape index (κ2) is 18.4. The lowest BCUT2D eigenvalue weighted by Crippen LogP contribution is -2.28. The molecule has 66 heavy (non-hydrogen) atoms. The highest BCUT2D eigenvalue weighted by molar-refractivity contribution is 6.09. The number of rotatable bonds is 14. The average molecular weight is 883 g/mol. The highest BCUT2D eigenvalue weighted by Crippen LogP contribution is 2.41. The standard InChI is InChI=1S/C61H60N4O/c1-43(2)36-47-23-17-27-53(48-22-16-21-46(38-48)45-19-7-6-8-20-45)52(47)25-13-14-35-63-42-64(58-30-12-11-29-57(58)63)50-24-15-18-44(37-50)41-66-51-31-32-55-54-26-9-10-28-56(54)65(59(55)40-51)60-39-49(33-34-62-60)61(3,4)5/h6-12,15-24,26-34,37-40,43H,13-14,25,35-36,41-42H2,1-5H3/i1D3,2D3,6D,7D,8D,16D,19D,20D,21D,22D,36D2,38D,43D. The van der Waals surface area contributed by atoms with Crippen LogP contribution in [0.2, 0.25) is 0 Å². The van der Waals surface area contributed by atoms with Crippen LogP contribution in [-0.2, 0) is 24.8 Å². The Labute approximate surface area is 416 Å². The zero-order valence-electron chi connectivity index (χ0n) is 55.1. The summed E-state index contributed by atoms with van der Waals surface area (Å²) in [6.45, 7) is 0.232. The summed E-state index contributed by atoms with van der Waals surface area (Å²) in [6.07, 6.45) is -1.10. The van der Waals surface area contributed by atoms with Gasteiger partial charge in [0.25, 0.3) is 0 Å². The van der Waals surface area contributed by atoms with Gasteiger partial charge in [-0.15, -0.1) is 0 Å². The number of unbranched alkanes of at least 4 members (excludes halogenated alkanes) is 1. The molecule has 5 heteroatoms. The van der Waals surface area contributed by atoms with Gasteiger partial charge in [-0.1, -0.05) is 143 Å². The molecule has 0 atom stereocenters. The normalized spacial score (nSPS) is 17.4. The van der Waals surface area contributed by atoms with E-state index < -0.39 is 103 Å². The van der Waals surface area contributed by atoms with Crippen LogP contribution in [-0.4, -0.2) is 22.8 Å². The number of benzene rings is 7. The van der Waals surface area contributed by atoms with Gasteiger partial charge in [0.15, 0.2) is 0 Å². The minimum atomic E-state index is -3.75. The van der Waals surface area contributed by atoms with Crippen molar-refractivity contribution in [2.75, 3.05) is 23.0 Å². The van der Waals surface area contributed by atoms with Gasteiger partial charge in [-0.2, -0.15) is 0 Å². The van der Waals surface area contributed by atoms with Crippen LogP contribution in [0.25, 0.3) is 49.9 Å². The van der Waals surface area contributed by atoms with Gasteiger partial charge in [-0.25, -0.2) is 4.98 Å². The van der Waals surface area contributed by atoms with Crippen LogP contribution in [0, 0.1) is 5.89 Å². The summed E-state index contributed by atoms with van der Waals surface area (Å²) in [7, 11) is 0. The van der Waals surface area contributed by atoms with Crippen molar-refractivity contribution >= 4 is 38.9 Å². The maximum atomic E-state index is 9.50. The number of para-hydroxylation sites is 3. The van der Waals surface area contributed by atoms with E-state index >= 15 is 0 Å². The smallest absolute Gasteiger partial charge is 0.137 e. The third-order valence-electron chi connectivity index (χ3n) is 12.1. The fourth-order valence-corrected chi connectivity index (χ4v) is 8.89. The molecule has 9 aromatic rings. The number of aromatic nitrogens is 2. The molecule has 0 N–H and O–H groups in total. The molecule has 0 bridgehead atoms. The van der Waals surface area contributed by atoms with Crippen LogP contribution in [0.1, 0.15) is 94.2 Å². The number of hydrogen-bond donors (Lipinski definition) is 0. The molecule has 3 heterocycles. The molecule has 0 aliphatic carbocycles. The van der Waals surface area contributed by atoms with Crippen LogP contribution in [0.3, 0.4) is 0 Å². The Balaban J connectivity index is 0.941. The molecule has 0 spiro atoms. The minimum Gasteiger partial charge on any atom is -0.489 e. The summed E-state index contributed by atoms with van der Waals surface area (Å²) in [5.41, 5.74) is 4.55. The van der Waals surface area contributed by atoms with Gasteiger partial charge in [-0.05, 0) is 142 Å². The Hall–Kier alpha value is -7.11. The van der Waals surface area contributed by atoms with Crippen molar-refractivity contribution in [2.24, 2.45) is 5.89 Å². The molecule has 1 aliphatic heterocycles. The molecule has 0 amide bonds. The van der Waals surface area contributed by atoms with Crippen LogP contribution in [0.4, 0.5) is 17.1 Å². The van der Waals surface area contributed by atoms with Gasteiger partial charge in [0.05, 0.1) is 41.4 Å². The number of fused-ring (bicyclic) bond motifs is 4. The van der Waals surface area contributed by atoms with Gasteiger partial charge in [0, 0.05) is 47.6 Å². The van der Waals surface area contributed by atoms with E-state index in [1.165, 1.54) is 23.8 Å². The fourth-order valence-electron chi connectivity index (χ4n) is 8.89. The summed E-state index contributed by atoms with van der Waals surface area (Å²) in [5, 5.41) is 2.18. The maximum absolute atomic E-state index is 9.50. The number of nitrogens with zero attached hydrogens (tertiary/aromatic N) is 4. The first-order chi connectivity index (χ1) is 39.5. The summed E-state index contributed by atoms with van der Waals surface area (Å²) < 4.78 is 165. The number of hydrogen-bond acceptors (Lipinski definition) is 4. The predicted octanol–water partition coefficient (Wildman–Crippen LogP) is 15.5. The van der Waals surface area contributed by atoms with E-state index in [1.807, 2.05) is 66.9 Å². The first-order valence-corrected chi connectivity index (χ1v) is 22.1. The average Bonchev–Trinajstić information content (AvgIpc) is 2.84. The van der Waals surface area contributed by atoms with Gasteiger partial charge < -0.3 is 14.5 Å². The Kier molecular flexibility index (Phi) is 7.46. The van der Waals surface area contributed by atoms with E-state index in [-0.39, 0.29) is 36.0 Å². The monoisotopic (exact) mass is 883 g/mol. The van der Waals surface area contributed by atoms with Crippen LogP contribution in [0.15, 0.2) is 182 Å². The minimum absolute atomic E-state index is 0.0635. The number of ether oxygens (including phenoxy) is 1. The highest BCUT2D eigenvalue weighted by atomic mass is 16.5. The number of pyridine rings is 1. The van der Waals surface area contributed by atoms with Crippen molar-refractivity contribution < 1.29 is 29.4 Å². The van der Waals surface area contributed by atoms with E-state index in [9.17, 15) is 4.11 Å². The molecule has 0 fully saturated rings. The van der Waals surface area contributed by atoms with E-state index in [1.54, 1.807) is 0 Å². The first-order valence-electron chi connectivity index (χ1n) is 31.1. The Morgan fingerprint density at radius 2 is 1.53 bits per heavy atom. The van der Waals surface area contributed by atoms with Gasteiger partial charge in [0.2, 0.25) is 0 Å². The quantitative estimate of drug-likeness (QED) is 0.102. The molecule has 0 saturated heterocycles. The first kappa shape index (κ1) is 26.8. The number of anilines is 3. The molecular weight excluding hydrogens is 805 g/mol. The topological polar surface area (TPSA) is 33.5 Å². The molecule has 7 aromatic carbocycles. The third-order valence-corrected chi connectivity index (χ3v) is 12.1. The van der Waals surface area contributed by atoms with Crippen molar-refractivity contribution in [3.63, 3.8) is 0 Å². The van der Waals surface area contributed by atoms with Crippen molar-refractivity contribution in [3.8, 4) is 33.8 Å². The lowest BCUT2D eigenvalue weighted by atomic mass is 9.87. The van der Waals surface area contributed by atoms with E-state index in [2.05, 4.69) is 77.6 Å². The maximum Gasteiger partial charge on any atom is 0.137 e. The molecule has 2 aromatic heterocycles. The lowest BCUT2D eigenvalue weighted by molar-refractivity contribution is 0.306. The van der Waals surface area contributed by atoms with Gasteiger partial charge in [0.1, 0.15) is 18.2 Å². The van der Waals surface area contributed by atoms with Crippen molar-refractivity contribution in [3.05, 3.63) is 204 Å². The molecule has 1 aliphatic rings. The van der Waals surface area contributed by atoms with Crippen molar-refractivity contribution in [1.82, 2.24) is 9.55 Å². The Morgan fingerprint density at radius 3 is 2.39 bits per heavy atom. The molecular formula is C61H60N4O. The molecule has 5 nitrogen and oxygen atoms in total. The Morgan fingerprint density at radius 1 is 0.742 bits per heavy atom. The second-order valence-corrected chi connectivity index (χ2v) is 17.5. The van der Waals surface area contributed by atoms with E-state index in [0.29, 0.717) is 25.4 Å². The highest BCUT2D eigenvalue weighted by Gasteiger charge is 2.27. The SMILES string of the molecule is [2H]c1c([2H])c([2H])c(-c2c([2H])c([2H])c([2H])c(-c3cccc(C([2H])([2H])C([2H])(C([2H])([2H])[2H])C([2H])([2H])[2H])c3CCCCN3CN(c4cccc(COc5ccc6c7ccccc7n(-c7cc(C(C)(C)C)ccn7)c6c5)c4)c4ccccc43)c2[2H])c([2H])c1[2H]. The van der Waals surface area contributed by atoms with Gasteiger partial charge in [-0.3, -0.25) is 4.57 Å². The third kappa shape index (κ3) is 8.83. The molecule has 0 unspecified atom stereocenters. The van der Waals surface area contributed by atoms with E-state index in [0.717, 1.165) is 50.2 Å². The summed E-state index contributed by atoms with van der Waals surface area (Å²) in [4.78, 5) is 9.16. The lowest BCUT2D eigenvalue weighted by Gasteiger charge is -2.23. The zero-order chi connectivity index (χ0) is 60.7. The molecule has 10 rings (SSSR count). The van der Waals surface area contributed by atoms with Crippen LogP contribution >= 0.6 is 0 Å². The Bertz CT molecular complexity index is 4010. The largest absolute Gasteiger partial charge is 0.489 e. The van der Waals surface area contributed by atoms with E-state index in [4.69, 9.17) is 30.3 Å². The van der Waals surface area contributed by atoms with Crippen LogP contribution in [0.5, 0.6) is 5.75 Å². The predicted molar refractivity (Wildman–Crippen MR) is 278 cm³/mol. The zero-order valence-corrected chi connectivity index (χ0v) is 37.1. The summed E-state index contributed by atoms with van der Waals surface area (Å²) >= 11 is 0. The van der Waals surface area contributed by atoms with Crippen molar-refractivity contribution in [2.45, 2.75) is 72.1 Å². The van der Waals surface area contributed by atoms with Gasteiger partial charge >= 0.3 is 0 Å². The summed E-state index contributed by atoms with van der Waals surface area (Å²) in [5.74, 6) is -2.25. The summed E-state index contributed by atoms with van der Waals surface area (Å²) in [6, 6.07) is 31.6.